The Morgan fingerprint density at radius 2 is 1.95 bits per heavy atom. The minimum atomic E-state index is -0.202. The van der Waals surface area contributed by atoms with Gasteiger partial charge in [-0.25, -0.2) is 4.39 Å². The Balaban J connectivity index is 1.86. The zero-order valence-corrected chi connectivity index (χ0v) is 13.0. The lowest BCUT2D eigenvalue weighted by molar-refractivity contribution is 0.381. The van der Waals surface area contributed by atoms with Crippen molar-refractivity contribution >= 4 is 10.9 Å². The summed E-state index contributed by atoms with van der Waals surface area (Å²) >= 11 is 0. The molecule has 1 heterocycles. The normalized spacial score (nSPS) is 11.5. The smallest absolute Gasteiger partial charge is 0.131 e. The van der Waals surface area contributed by atoms with Crippen LogP contribution in [0.2, 0.25) is 0 Å². The molecular weight excluding hydrogens is 277 g/mol. The molecule has 0 unspecified atom stereocenters. The van der Waals surface area contributed by atoms with Gasteiger partial charge in [-0.15, -0.1) is 0 Å². The van der Waals surface area contributed by atoms with E-state index in [-0.39, 0.29) is 5.82 Å². The van der Waals surface area contributed by atoms with E-state index in [9.17, 15) is 4.39 Å². The summed E-state index contributed by atoms with van der Waals surface area (Å²) < 4.78 is 15.9. The zero-order chi connectivity index (χ0) is 15.5. The van der Waals surface area contributed by atoms with E-state index < -0.39 is 0 Å². The highest BCUT2D eigenvalue weighted by Gasteiger charge is 2.07. The number of hydrogen-bond donors (Lipinski definition) is 0. The lowest BCUT2D eigenvalue weighted by atomic mass is 10.0. The summed E-state index contributed by atoms with van der Waals surface area (Å²) in [7, 11) is 4.14. The highest BCUT2D eigenvalue weighted by molar-refractivity contribution is 5.84. The predicted octanol–water partition coefficient (Wildman–Crippen LogP) is 3.79. The fraction of sp³-hybridized carbons (Fsp3) is 0.278. The molecule has 0 amide bonds. The third kappa shape index (κ3) is 3.17. The monoisotopic (exact) mass is 297 g/mol. The highest BCUT2D eigenvalue weighted by atomic mass is 19.1. The summed E-state index contributed by atoms with van der Waals surface area (Å²) in [6, 6.07) is 12.7. The summed E-state index contributed by atoms with van der Waals surface area (Å²) in [6.07, 6.45) is 3.11. The second kappa shape index (κ2) is 6.28. The van der Waals surface area contributed by atoms with E-state index in [1.165, 1.54) is 6.07 Å². The van der Waals surface area contributed by atoms with Crippen molar-refractivity contribution in [2.24, 2.45) is 0 Å². The van der Waals surface area contributed by atoms with Crippen molar-refractivity contribution in [1.29, 1.82) is 0 Å². The molecule has 0 radical (unpaired) electrons. The van der Waals surface area contributed by atoms with Crippen molar-refractivity contribution in [2.45, 2.75) is 13.0 Å². The van der Waals surface area contributed by atoms with Gasteiger partial charge < -0.3 is 4.90 Å². The van der Waals surface area contributed by atoms with Gasteiger partial charge in [0.25, 0.3) is 0 Å². The average Bonchev–Trinajstić information content (AvgIpc) is 2.89. The van der Waals surface area contributed by atoms with E-state index >= 15 is 0 Å². The van der Waals surface area contributed by atoms with Crippen LogP contribution in [0.25, 0.3) is 22.0 Å². The topological polar surface area (TPSA) is 21.1 Å². The van der Waals surface area contributed by atoms with Gasteiger partial charge in [-0.2, -0.15) is 5.10 Å². The van der Waals surface area contributed by atoms with Crippen molar-refractivity contribution in [1.82, 2.24) is 14.7 Å². The summed E-state index contributed by atoms with van der Waals surface area (Å²) in [5, 5.41) is 5.69. The van der Waals surface area contributed by atoms with Crippen LogP contribution in [0.3, 0.4) is 0 Å². The van der Waals surface area contributed by atoms with E-state index in [1.807, 2.05) is 28.9 Å². The van der Waals surface area contributed by atoms with Gasteiger partial charge in [0.2, 0.25) is 0 Å². The van der Waals surface area contributed by atoms with Gasteiger partial charge in [0.1, 0.15) is 5.82 Å². The molecule has 1 aromatic heterocycles. The summed E-state index contributed by atoms with van der Waals surface area (Å²) in [4.78, 5) is 2.17. The molecule has 0 aliphatic heterocycles. The molecule has 0 aliphatic rings. The van der Waals surface area contributed by atoms with Crippen LogP contribution < -0.4 is 0 Å². The van der Waals surface area contributed by atoms with E-state index in [4.69, 9.17) is 0 Å². The second-order valence-electron chi connectivity index (χ2n) is 5.80. The fourth-order valence-corrected chi connectivity index (χ4v) is 2.59. The molecule has 0 aliphatic carbocycles. The third-order valence-corrected chi connectivity index (χ3v) is 3.73. The van der Waals surface area contributed by atoms with Gasteiger partial charge in [-0.1, -0.05) is 30.3 Å². The number of halogens is 1. The molecular formula is C18H20FN3. The Hall–Kier alpha value is -2.20. The highest BCUT2D eigenvalue weighted by Crippen LogP contribution is 2.25. The molecule has 4 heteroatoms. The maximum Gasteiger partial charge on any atom is 0.131 e. The van der Waals surface area contributed by atoms with Gasteiger partial charge in [0.15, 0.2) is 0 Å². The Labute approximate surface area is 130 Å². The number of rotatable bonds is 5. The summed E-state index contributed by atoms with van der Waals surface area (Å²) in [6.45, 7) is 1.93. The van der Waals surface area contributed by atoms with Crippen LogP contribution in [0.15, 0.2) is 48.7 Å². The quantitative estimate of drug-likeness (QED) is 0.714. The van der Waals surface area contributed by atoms with Crippen molar-refractivity contribution in [3.63, 3.8) is 0 Å². The molecule has 0 bridgehead atoms. The van der Waals surface area contributed by atoms with Crippen molar-refractivity contribution in [2.75, 3.05) is 20.6 Å². The van der Waals surface area contributed by atoms with Gasteiger partial charge >= 0.3 is 0 Å². The van der Waals surface area contributed by atoms with Gasteiger partial charge in [-0.05, 0) is 44.8 Å². The molecule has 3 aromatic rings. The molecule has 0 saturated carbocycles. The largest absolute Gasteiger partial charge is 0.309 e. The lowest BCUT2D eigenvalue weighted by Gasteiger charge is -2.08. The summed E-state index contributed by atoms with van der Waals surface area (Å²) in [5.74, 6) is -0.202. The number of aromatic nitrogens is 2. The third-order valence-electron chi connectivity index (χ3n) is 3.73. The van der Waals surface area contributed by atoms with Crippen LogP contribution >= 0.6 is 0 Å². The maximum atomic E-state index is 13.9. The second-order valence-corrected chi connectivity index (χ2v) is 5.80. The molecule has 22 heavy (non-hydrogen) atoms. The first-order valence-corrected chi connectivity index (χ1v) is 7.50. The molecule has 0 saturated heterocycles. The Morgan fingerprint density at radius 1 is 1.14 bits per heavy atom. The van der Waals surface area contributed by atoms with Crippen LogP contribution in [0.1, 0.15) is 6.42 Å². The number of hydrogen-bond acceptors (Lipinski definition) is 2. The number of nitrogens with zero attached hydrogens (tertiary/aromatic N) is 3. The molecule has 0 atom stereocenters. The van der Waals surface area contributed by atoms with E-state index in [0.29, 0.717) is 5.56 Å². The van der Waals surface area contributed by atoms with Crippen LogP contribution in [-0.2, 0) is 6.54 Å². The van der Waals surface area contributed by atoms with Crippen LogP contribution in [0.4, 0.5) is 4.39 Å². The first kappa shape index (κ1) is 14.7. The molecule has 0 spiro atoms. The molecule has 114 valence electrons. The van der Waals surface area contributed by atoms with Crippen molar-refractivity contribution < 1.29 is 4.39 Å². The lowest BCUT2D eigenvalue weighted by Crippen LogP contribution is -2.15. The first-order valence-electron chi connectivity index (χ1n) is 7.50. The van der Waals surface area contributed by atoms with Gasteiger partial charge in [0.05, 0.1) is 5.52 Å². The minimum Gasteiger partial charge on any atom is -0.309 e. The standard InChI is InChI=1S/C18H20FN3/c1-21(2)10-5-11-22-13-15-9-8-14(12-18(15)20-22)16-6-3-4-7-17(16)19/h3-4,6-9,12-13H,5,10-11H2,1-2H3. The van der Waals surface area contributed by atoms with Gasteiger partial charge in [-0.3, -0.25) is 4.68 Å². The maximum absolute atomic E-state index is 13.9. The molecule has 3 rings (SSSR count). The molecule has 2 aromatic carbocycles. The number of fused-ring (bicyclic) bond motifs is 1. The molecule has 3 nitrogen and oxygen atoms in total. The van der Waals surface area contributed by atoms with Crippen molar-refractivity contribution in [3.05, 3.63) is 54.5 Å². The average molecular weight is 297 g/mol. The minimum absolute atomic E-state index is 0.202. The van der Waals surface area contributed by atoms with Gasteiger partial charge in [0, 0.05) is 23.7 Å². The zero-order valence-electron chi connectivity index (χ0n) is 13.0. The fourth-order valence-electron chi connectivity index (χ4n) is 2.59. The van der Waals surface area contributed by atoms with E-state index in [0.717, 1.165) is 36.0 Å². The van der Waals surface area contributed by atoms with Crippen LogP contribution in [0, 0.1) is 5.82 Å². The Kier molecular flexibility index (Phi) is 4.20. The van der Waals surface area contributed by atoms with E-state index in [2.05, 4.69) is 30.3 Å². The summed E-state index contributed by atoms with van der Waals surface area (Å²) in [5.41, 5.74) is 2.39. The molecule has 0 fully saturated rings. The first-order chi connectivity index (χ1) is 10.6. The predicted molar refractivity (Wildman–Crippen MR) is 88.3 cm³/mol. The van der Waals surface area contributed by atoms with E-state index in [1.54, 1.807) is 12.1 Å². The number of benzene rings is 2. The van der Waals surface area contributed by atoms with Crippen LogP contribution in [-0.4, -0.2) is 35.3 Å². The number of aryl methyl sites for hydroxylation is 1. The van der Waals surface area contributed by atoms with Crippen LogP contribution in [0.5, 0.6) is 0 Å². The Bertz CT molecular complexity index is 777. The van der Waals surface area contributed by atoms with Crippen molar-refractivity contribution in [3.8, 4) is 11.1 Å². The SMILES string of the molecule is CN(C)CCCn1cc2ccc(-c3ccccc3F)cc2n1. The Morgan fingerprint density at radius 3 is 2.73 bits per heavy atom. The molecule has 0 N–H and O–H groups in total.